The molecule has 1 fully saturated rings. The number of hydrogen-bond donors (Lipinski definition) is 1. The van der Waals surface area contributed by atoms with Crippen molar-refractivity contribution in [2.45, 2.75) is 52.0 Å². The first-order valence-corrected chi connectivity index (χ1v) is 10.0. The number of nitrogens with one attached hydrogen (secondary N) is 1. The highest BCUT2D eigenvalue weighted by Gasteiger charge is 2.21. The second kappa shape index (κ2) is 11.1. The van der Waals surface area contributed by atoms with Gasteiger partial charge in [0.15, 0.2) is 0 Å². The van der Waals surface area contributed by atoms with Gasteiger partial charge in [0.05, 0.1) is 7.11 Å². The van der Waals surface area contributed by atoms with Gasteiger partial charge >= 0.3 is 6.03 Å². The van der Waals surface area contributed by atoms with Crippen molar-refractivity contribution in [3.8, 4) is 5.75 Å². The highest BCUT2D eigenvalue weighted by atomic mass is 16.5. The molecule has 1 aliphatic heterocycles. The van der Waals surface area contributed by atoms with Crippen molar-refractivity contribution in [1.29, 1.82) is 0 Å². The van der Waals surface area contributed by atoms with Crippen molar-refractivity contribution in [3.63, 3.8) is 0 Å². The van der Waals surface area contributed by atoms with Crippen molar-refractivity contribution < 1.29 is 9.53 Å². The quantitative estimate of drug-likeness (QED) is 0.684. The number of urea groups is 1. The van der Waals surface area contributed by atoms with Crippen LogP contribution in [0.1, 0.15) is 45.1 Å². The number of benzene rings is 1. The largest absolute Gasteiger partial charge is 0.497 e. The fraction of sp³-hybridized carbons (Fsp3) is 0.667. The van der Waals surface area contributed by atoms with E-state index in [0.29, 0.717) is 0 Å². The maximum atomic E-state index is 12.4. The van der Waals surface area contributed by atoms with Gasteiger partial charge in [-0.05, 0) is 37.5 Å². The lowest BCUT2D eigenvalue weighted by Gasteiger charge is -2.35. The zero-order chi connectivity index (χ0) is 18.8. The van der Waals surface area contributed by atoms with Gasteiger partial charge in [0.2, 0.25) is 0 Å². The van der Waals surface area contributed by atoms with Crippen LogP contribution in [0, 0.1) is 0 Å². The number of piperazine rings is 1. The number of rotatable bonds is 9. The number of unbranched alkanes of at least 4 members (excludes halogenated alkanes) is 2. The van der Waals surface area contributed by atoms with Gasteiger partial charge < -0.3 is 15.0 Å². The maximum Gasteiger partial charge on any atom is 0.317 e. The smallest absolute Gasteiger partial charge is 0.317 e. The second-order valence-corrected chi connectivity index (χ2v) is 7.27. The Balaban J connectivity index is 1.65. The predicted octanol–water partition coefficient (Wildman–Crippen LogP) is 3.53. The van der Waals surface area contributed by atoms with Gasteiger partial charge in [-0.1, -0.05) is 38.3 Å². The average Bonchev–Trinajstić information content (AvgIpc) is 2.67. The van der Waals surface area contributed by atoms with Crippen LogP contribution in [0.4, 0.5) is 4.79 Å². The summed E-state index contributed by atoms with van der Waals surface area (Å²) in [4.78, 5) is 16.8. The molecule has 5 heteroatoms. The number of amides is 2. The van der Waals surface area contributed by atoms with Gasteiger partial charge in [-0.15, -0.1) is 0 Å². The van der Waals surface area contributed by atoms with E-state index >= 15 is 0 Å². The first kappa shape index (κ1) is 20.6. The lowest BCUT2D eigenvalue weighted by atomic mass is 10.1. The summed E-state index contributed by atoms with van der Waals surface area (Å²) in [5.41, 5.74) is 1.33. The highest BCUT2D eigenvalue weighted by Crippen LogP contribution is 2.12. The summed E-state index contributed by atoms with van der Waals surface area (Å²) < 4.78 is 5.20. The Morgan fingerprint density at radius 1 is 1.15 bits per heavy atom. The van der Waals surface area contributed by atoms with E-state index in [0.717, 1.165) is 51.3 Å². The molecule has 0 spiro atoms. The minimum absolute atomic E-state index is 0.101. The lowest BCUT2D eigenvalue weighted by molar-refractivity contribution is 0.138. The summed E-state index contributed by atoms with van der Waals surface area (Å²) in [6.45, 7) is 8.89. The van der Waals surface area contributed by atoms with Crippen molar-refractivity contribution in [1.82, 2.24) is 15.1 Å². The third-order valence-corrected chi connectivity index (χ3v) is 5.15. The van der Waals surface area contributed by atoms with Crippen molar-refractivity contribution in [3.05, 3.63) is 29.8 Å². The maximum absolute atomic E-state index is 12.4. The third kappa shape index (κ3) is 6.87. The van der Waals surface area contributed by atoms with E-state index in [2.05, 4.69) is 36.2 Å². The zero-order valence-electron chi connectivity index (χ0n) is 16.7. The number of nitrogens with zero attached hydrogens (tertiary/aromatic N) is 2. The molecule has 1 aromatic rings. The molecule has 1 aromatic carbocycles. The summed E-state index contributed by atoms with van der Waals surface area (Å²) >= 11 is 0. The first-order valence-electron chi connectivity index (χ1n) is 10.0. The number of carbonyl (C=O) groups excluding carboxylic acids is 1. The Kier molecular flexibility index (Phi) is 8.75. The van der Waals surface area contributed by atoms with Crippen LogP contribution in [-0.2, 0) is 6.42 Å². The number of carbonyl (C=O) groups is 1. The molecule has 0 aromatic heterocycles. The first-order chi connectivity index (χ1) is 12.6. The van der Waals surface area contributed by atoms with Crippen LogP contribution in [0.5, 0.6) is 5.75 Å². The summed E-state index contributed by atoms with van der Waals surface area (Å²) in [5.74, 6) is 0.900. The van der Waals surface area contributed by atoms with Crippen LogP contribution in [0.2, 0.25) is 0 Å². The van der Waals surface area contributed by atoms with Gasteiger partial charge in [-0.2, -0.15) is 0 Å². The number of ether oxygens (including phenoxy) is 1. The predicted molar refractivity (Wildman–Crippen MR) is 107 cm³/mol. The number of methoxy groups -OCH3 is 1. The molecule has 0 saturated carbocycles. The Hall–Kier alpha value is -1.75. The Morgan fingerprint density at radius 2 is 1.85 bits per heavy atom. The summed E-state index contributed by atoms with van der Waals surface area (Å²) in [5, 5.41) is 3.15. The normalized spacial score (nSPS) is 16.3. The molecule has 26 heavy (non-hydrogen) atoms. The molecule has 5 nitrogen and oxygen atoms in total. The Labute approximate surface area is 158 Å². The highest BCUT2D eigenvalue weighted by molar-refractivity contribution is 5.74. The van der Waals surface area contributed by atoms with Crippen LogP contribution in [0.3, 0.4) is 0 Å². The van der Waals surface area contributed by atoms with Crippen LogP contribution >= 0.6 is 0 Å². The standard InChI is InChI=1S/C21H35N3O2/c1-4-5-6-7-18(2)22-21(25)24-16-14-23(15-17-24)13-12-19-8-10-20(26-3)11-9-19/h8-11,18H,4-7,12-17H2,1-3H3,(H,22,25). The number of hydrogen-bond acceptors (Lipinski definition) is 3. The molecule has 1 heterocycles. The Bertz CT molecular complexity index is 525. The van der Waals surface area contributed by atoms with E-state index in [1.807, 2.05) is 17.0 Å². The molecule has 1 saturated heterocycles. The second-order valence-electron chi connectivity index (χ2n) is 7.27. The van der Waals surface area contributed by atoms with Crippen LogP contribution < -0.4 is 10.1 Å². The van der Waals surface area contributed by atoms with Gasteiger partial charge in [-0.3, -0.25) is 4.90 Å². The molecule has 0 aliphatic carbocycles. The van der Waals surface area contributed by atoms with E-state index < -0.39 is 0 Å². The van der Waals surface area contributed by atoms with Crippen molar-refractivity contribution >= 4 is 6.03 Å². The van der Waals surface area contributed by atoms with E-state index in [1.54, 1.807) is 7.11 Å². The molecule has 146 valence electrons. The van der Waals surface area contributed by atoms with Crippen LogP contribution in [0.25, 0.3) is 0 Å². The van der Waals surface area contributed by atoms with E-state index in [4.69, 9.17) is 4.74 Å². The molecule has 1 N–H and O–H groups in total. The van der Waals surface area contributed by atoms with Gasteiger partial charge in [0.1, 0.15) is 5.75 Å². The molecule has 0 bridgehead atoms. The lowest BCUT2D eigenvalue weighted by Crippen LogP contribution is -2.53. The fourth-order valence-electron chi connectivity index (χ4n) is 3.33. The SMILES string of the molecule is CCCCCC(C)NC(=O)N1CCN(CCc2ccc(OC)cc2)CC1. The summed E-state index contributed by atoms with van der Waals surface area (Å²) in [6, 6.07) is 8.65. The summed E-state index contributed by atoms with van der Waals surface area (Å²) in [7, 11) is 1.69. The van der Waals surface area contributed by atoms with Gasteiger partial charge in [0.25, 0.3) is 0 Å². The molecular weight excluding hydrogens is 326 g/mol. The van der Waals surface area contributed by atoms with Crippen LogP contribution in [0.15, 0.2) is 24.3 Å². The fourth-order valence-corrected chi connectivity index (χ4v) is 3.33. The van der Waals surface area contributed by atoms with Gasteiger partial charge in [0, 0.05) is 38.8 Å². The molecule has 2 rings (SSSR count). The molecule has 1 atom stereocenters. The molecular formula is C21H35N3O2. The van der Waals surface area contributed by atoms with Crippen molar-refractivity contribution in [2.75, 3.05) is 39.8 Å². The van der Waals surface area contributed by atoms with E-state index in [-0.39, 0.29) is 12.1 Å². The molecule has 2 amide bonds. The van der Waals surface area contributed by atoms with Gasteiger partial charge in [-0.25, -0.2) is 4.79 Å². The van der Waals surface area contributed by atoms with E-state index in [9.17, 15) is 4.79 Å². The zero-order valence-corrected chi connectivity index (χ0v) is 16.7. The molecule has 1 unspecified atom stereocenters. The third-order valence-electron chi connectivity index (χ3n) is 5.15. The minimum atomic E-state index is 0.101. The average molecular weight is 362 g/mol. The molecule has 1 aliphatic rings. The topological polar surface area (TPSA) is 44.8 Å². The summed E-state index contributed by atoms with van der Waals surface area (Å²) in [6.07, 6.45) is 5.76. The monoisotopic (exact) mass is 361 g/mol. The Morgan fingerprint density at radius 3 is 2.46 bits per heavy atom. The van der Waals surface area contributed by atoms with E-state index in [1.165, 1.54) is 24.8 Å². The minimum Gasteiger partial charge on any atom is -0.497 e. The van der Waals surface area contributed by atoms with Crippen LogP contribution in [-0.4, -0.2) is 61.7 Å². The van der Waals surface area contributed by atoms with Crippen molar-refractivity contribution in [2.24, 2.45) is 0 Å². The molecule has 0 radical (unpaired) electrons.